The van der Waals surface area contributed by atoms with Crippen molar-refractivity contribution in [2.75, 3.05) is 20.3 Å². The summed E-state index contributed by atoms with van der Waals surface area (Å²) in [5, 5.41) is 6.19. The Morgan fingerprint density at radius 2 is 1.69 bits per heavy atom. The average Bonchev–Trinajstić information content (AvgIpc) is 2.68. The van der Waals surface area contributed by atoms with E-state index in [4.69, 9.17) is 9.47 Å². The molecule has 0 saturated heterocycles. The Morgan fingerprint density at radius 1 is 1.03 bits per heavy atom. The number of pyridine rings is 1. The predicted octanol–water partition coefficient (Wildman–Crippen LogP) is 3.90. The van der Waals surface area contributed by atoms with E-state index in [1.807, 2.05) is 31.2 Å². The number of hydrogen-bond donors (Lipinski definition) is 2. The van der Waals surface area contributed by atoms with Crippen molar-refractivity contribution in [3.63, 3.8) is 0 Å². The summed E-state index contributed by atoms with van der Waals surface area (Å²) in [6.45, 7) is 1.76. The summed E-state index contributed by atoms with van der Waals surface area (Å²) >= 11 is 0. The van der Waals surface area contributed by atoms with Gasteiger partial charge in [0.15, 0.2) is 12.6 Å². The highest BCUT2D eigenvalue weighted by molar-refractivity contribution is 14.0. The van der Waals surface area contributed by atoms with Gasteiger partial charge in [0.1, 0.15) is 5.75 Å². The standard InChI is InChI=1S/C19H23F3N4O2.HI/c1-3-27-16-9-5-4-7-14(16)11-25-18(23-2)26-12-15-8-6-10-24-17(15)28-13-19(20,21)22;/h4-10H,3,11-13H2,1-2H3,(H2,23,25,26);1H. The largest absolute Gasteiger partial charge is 0.494 e. The van der Waals surface area contributed by atoms with E-state index in [0.717, 1.165) is 11.3 Å². The maximum absolute atomic E-state index is 12.4. The molecule has 10 heteroatoms. The van der Waals surface area contributed by atoms with Crippen molar-refractivity contribution >= 4 is 29.9 Å². The molecule has 1 aromatic heterocycles. The maximum atomic E-state index is 12.4. The van der Waals surface area contributed by atoms with Gasteiger partial charge in [0, 0.05) is 37.5 Å². The van der Waals surface area contributed by atoms with E-state index in [1.165, 1.54) is 6.20 Å². The van der Waals surface area contributed by atoms with Crippen molar-refractivity contribution in [1.82, 2.24) is 15.6 Å². The highest BCUT2D eigenvalue weighted by atomic mass is 127. The van der Waals surface area contributed by atoms with Gasteiger partial charge in [0.05, 0.1) is 6.61 Å². The van der Waals surface area contributed by atoms with Crippen molar-refractivity contribution in [2.24, 2.45) is 4.99 Å². The molecule has 1 aromatic carbocycles. The number of nitrogens with one attached hydrogen (secondary N) is 2. The van der Waals surface area contributed by atoms with Crippen LogP contribution in [0.15, 0.2) is 47.6 Å². The number of hydrogen-bond acceptors (Lipinski definition) is 4. The zero-order valence-electron chi connectivity index (χ0n) is 16.1. The second kappa shape index (κ2) is 12.3. The van der Waals surface area contributed by atoms with Crippen molar-refractivity contribution in [2.45, 2.75) is 26.2 Å². The fraction of sp³-hybridized carbons (Fsp3) is 0.368. The van der Waals surface area contributed by atoms with Crippen LogP contribution in [0, 0.1) is 0 Å². The summed E-state index contributed by atoms with van der Waals surface area (Å²) in [5.41, 5.74) is 1.45. The first-order valence-electron chi connectivity index (χ1n) is 8.71. The molecule has 0 unspecified atom stereocenters. The lowest BCUT2D eigenvalue weighted by Gasteiger charge is -2.16. The first-order chi connectivity index (χ1) is 13.4. The smallest absolute Gasteiger partial charge is 0.422 e. The summed E-state index contributed by atoms with van der Waals surface area (Å²) in [6, 6.07) is 10.9. The lowest BCUT2D eigenvalue weighted by atomic mass is 10.2. The van der Waals surface area contributed by atoms with E-state index in [2.05, 4.69) is 20.6 Å². The Morgan fingerprint density at radius 3 is 2.34 bits per heavy atom. The second-order valence-electron chi connectivity index (χ2n) is 5.69. The number of aromatic nitrogens is 1. The van der Waals surface area contributed by atoms with Gasteiger partial charge < -0.3 is 20.1 Å². The maximum Gasteiger partial charge on any atom is 0.422 e. The Labute approximate surface area is 184 Å². The second-order valence-corrected chi connectivity index (χ2v) is 5.69. The van der Waals surface area contributed by atoms with Crippen LogP contribution < -0.4 is 20.1 Å². The molecule has 160 valence electrons. The third-order valence-corrected chi connectivity index (χ3v) is 3.61. The van der Waals surface area contributed by atoms with Gasteiger partial charge in [-0.25, -0.2) is 4.98 Å². The summed E-state index contributed by atoms with van der Waals surface area (Å²) in [6.07, 6.45) is -3.04. The van der Waals surface area contributed by atoms with Crippen LogP contribution in [0.25, 0.3) is 0 Å². The van der Waals surface area contributed by atoms with Crippen LogP contribution >= 0.6 is 24.0 Å². The molecular formula is C19H24F3IN4O2. The number of aliphatic imine (C=N–C) groups is 1. The Balaban J connectivity index is 0.00000420. The van der Waals surface area contributed by atoms with Gasteiger partial charge in [-0.3, -0.25) is 4.99 Å². The van der Waals surface area contributed by atoms with E-state index >= 15 is 0 Å². The molecular weight excluding hydrogens is 500 g/mol. The summed E-state index contributed by atoms with van der Waals surface area (Å²) in [4.78, 5) is 7.99. The molecule has 0 saturated carbocycles. The van der Waals surface area contributed by atoms with Crippen molar-refractivity contribution in [1.29, 1.82) is 0 Å². The average molecular weight is 524 g/mol. The van der Waals surface area contributed by atoms with Crippen molar-refractivity contribution < 1.29 is 22.6 Å². The molecule has 0 bridgehead atoms. The van der Waals surface area contributed by atoms with Gasteiger partial charge in [0.25, 0.3) is 0 Å². The molecule has 29 heavy (non-hydrogen) atoms. The van der Waals surface area contributed by atoms with Gasteiger partial charge in [-0.1, -0.05) is 24.3 Å². The van der Waals surface area contributed by atoms with Crippen LogP contribution in [0.3, 0.4) is 0 Å². The quantitative estimate of drug-likeness (QED) is 0.312. The summed E-state index contributed by atoms with van der Waals surface area (Å²) in [7, 11) is 1.61. The third kappa shape index (κ3) is 8.75. The number of ether oxygens (including phenoxy) is 2. The first-order valence-corrected chi connectivity index (χ1v) is 8.71. The summed E-state index contributed by atoms with van der Waals surface area (Å²) in [5.74, 6) is 1.20. The molecule has 0 atom stereocenters. The minimum Gasteiger partial charge on any atom is -0.494 e. The van der Waals surface area contributed by atoms with Crippen LogP contribution in [0.4, 0.5) is 13.2 Å². The number of rotatable bonds is 8. The lowest BCUT2D eigenvalue weighted by molar-refractivity contribution is -0.154. The molecule has 1 heterocycles. The fourth-order valence-corrected chi connectivity index (χ4v) is 2.36. The zero-order valence-corrected chi connectivity index (χ0v) is 18.5. The molecule has 0 amide bonds. The van der Waals surface area contributed by atoms with Gasteiger partial charge >= 0.3 is 6.18 Å². The van der Waals surface area contributed by atoms with E-state index in [1.54, 1.807) is 19.2 Å². The van der Waals surface area contributed by atoms with Crippen LogP contribution in [-0.4, -0.2) is 37.4 Å². The van der Waals surface area contributed by atoms with Gasteiger partial charge in [0.2, 0.25) is 5.88 Å². The van der Waals surface area contributed by atoms with Crippen LogP contribution in [0.5, 0.6) is 11.6 Å². The summed E-state index contributed by atoms with van der Waals surface area (Å²) < 4.78 is 47.5. The normalized spacial score (nSPS) is 11.4. The van der Waals surface area contributed by atoms with Crippen molar-refractivity contribution in [3.05, 3.63) is 53.7 Å². The Hall–Kier alpha value is -2.24. The fourth-order valence-electron chi connectivity index (χ4n) is 2.36. The van der Waals surface area contributed by atoms with Crippen molar-refractivity contribution in [3.8, 4) is 11.6 Å². The molecule has 0 aliphatic rings. The molecule has 0 fully saturated rings. The Kier molecular flexibility index (Phi) is 10.6. The monoisotopic (exact) mass is 524 g/mol. The number of benzene rings is 1. The van der Waals surface area contributed by atoms with Gasteiger partial charge in [-0.05, 0) is 19.1 Å². The molecule has 0 spiro atoms. The molecule has 2 aromatic rings. The zero-order chi connectivity index (χ0) is 20.4. The molecule has 2 N–H and O–H groups in total. The SMILES string of the molecule is CCOc1ccccc1CNC(=NC)NCc1cccnc1OCC(F)(F)F.I. The Bertz CT molecular complexity index is 788. The molecule has 0 radical (unpaired) electrons. The molecule has 6 nitrogen and oxygen atoms in total. The van der Waals surface area contributed by atoms with E-state index in [0.29, 0.717) is 24.7 Å². The highest BCUT2D eigenvalue weighted by Crippen LogP contribution is 2.20. The topological polar surface area (TPSA) is 67.8 Å². The molecule has 2 rings (SSSR count). The number of guanidine groups is 1. The van der Waals surface area contributed by atoms with Gasteiger partial charge in [-0.15, -0.1) is 24.0 Å². The number of halogens is 4. The van der Waals surface area contributed by atoms with Gasteiger partial charge in [-0.2, -0.15) is 13.2 Å². The van der Waals surface area contributed by atoms with Crippen LogP contribution in [0.2, 0.25) is 0 Å². The van der Waals surface area contributed by atoms with E-state index in [9.17, 15) is 13.2 Å². The van der Waals surface area contributed by atoms with E-state index < -0.39 is 12.8 Å². The first kappa shape index (κ1) is 24.8. The number of nitrogens with zero attached hydrogens (tertiary/aromatic N) is 2. The molecule has 0 aliphatic carbocycles. The number of alkyl halides is 3. The highest BCUT2D eigenvalue weighted by Gasteiger charge is 2.29. The third-order valence-electron chi connectivity index (χ3n) is 3.61. The van der Waals surface area contributed by atoms with E-state index in [-0.39, 0.29) is 36.4 Å². The van der Waals surface area contributed by atoms with Crippen LogP contribution in [-0.2, 0) is 13.1 Å². The molecule has 0 aliphatic heterocycles. The number of para-hydroxylation sites is 1. The minimum atomic E-state index is -4.42. The van der Waals surface area contributed by atoms with Crippen LogP contribution in [0.1, 0.15) is 18.1 Å². The predicted molar refractivity (Wildman–Crippen MR) is 116 cm³/mol. The lowest BCUT2D eigenvalue weighted by Crippen LogP contribution is -2.36. The minimum absolute atomic E-state index is 0.